The van der Waals surface area contributed by atoms with Gasteiger partial charge in [0.05, 0.1) is 0 Å². The fraction of sp³-hybridized carbons (Fsp3) is 0. The normalized spacial score (nSPS) is 11.2. The number of nitrogens with zero attached hydrogens (tertiary/aromatic N) is 1. The number of anilines is 3. The van der Waals surface area contributed by atoms with Crippen molar-refractivity contribution in [2.45, 2.75) is 0 Å². The van der Waals surface area contributed by atoms with Crippen LogP contribution in [0.1, 0.15) is 0 Å². The summed E-state index contributed by atoms with van der Waals surface area (Å²) in [5, 5.41) is 4.99. The standard InChI is InChI=1S/C74H51N/c1-7-22-53(23-8-1)64-49-47-63(51-70(64)55-26-11-3-12-27-55)75(62-45-40-56(41-46-62)66-37-21-36-65(54-24-9-2-10-25-54)72(66)57-28-13-4-14-29-57)61-43-38-52(39-44-61)60-42-48-68-67-34-19-20-35-69(67)73(58-30-15-5-16-31-58)74(71(68)50-60)59-32-17-6-18-33-59/h1-51H. The molecule has 0 aliphatic carbocycles. The quantitative estimate of drug-likeness (QED) is 0.117. The summed E-state index contributed by atoms with van der Waals surface area (Å²) in [4.78, 5) is 2.40. The maximum absolute atomic E-state index is 2.41. The zero-order chi connectivity index (χ0) is 49.9. The predicted molar refractivity (Wildman–Crippen MR) is 320 cm³/mol. The Hall–Kier alpha value is -9.82. The summed E-state index contributed by atoms with van der Waals surface area (Å²) in [7, 11) is 0. The molecule has 0 spiro atoms. The molecule has 0 fully saturated rings. The Morgan fingerprint density at radius 1 is 0.160 bits per heavy atom. The van der Waals surface area contributed by atoms with Gasteiger partial charge in [-0.05, 0) is 153 Å². The van der Waals surface area contributed by atoms with Crippen molar-refractivity contribution in [2.75, 3.05) is 4.90 Å². The molecule has 0 aliphatic rings. The molecule has 0 bridgehead atoms. The highest BCUT2D eigenvalue weighted by Gasteiger charge is 2.21. The van der Waals surface area contributed by atoms with Gasteiger partial charge in [-0.1, -0.05) is 267 Å². The van der Waals surface area contributed by atoms with E-state index in [1.54, 1.807) is 0 Å². The van der Waals surface area contributed by atoms with Gasteiger partial charge in [0.2, 0.25) is 0 Å². The van der Waals surface area contributed by atoms with E-state index in [4.69, 9.17) is 0 Å². The molecule has 1 heteroatoms. The molecule has 0 saturated heterocycles. The first-order valence-electron chi connectivity index (χ1n) is 25.8. The van der Waals surface area contributed by atoms with E-state index in [-0.39, 0.29) is 0 Å². The number of fused-ring (bicyclic) bond motifs is 3. The highest BCUT2D eigenvalue weighted by Crippen LogP contribution is 2.47. The summed E-state index contributed by atoms with van der Waals surface area (Å²) < 4.78 is 0. The van der Waals surface area contributed by atoms with Crippen molar-refractivity contribution in [3.63, 3.8) is 0 Å². The van der Waals surface area contributed by atoms with E-state index in [9.17, 15) is 0 Å². The zero-order valence-electron chi connectivity index (χ0n) is 41.4. The molecule has 0 N–H and O–H groups in total. The lowest BCUT2D eigenvalue weighted by Gasteiger charge is -2.27. The highest BCUT2D eigenvalue weighted by atomic mass is 15.1. The first kappa shape index (κ1) is 45.1. The zero-order valence-corrected chi connectivity index (χ0v) is 41.4. The highest BCUT2D eigenvalue weighted by molar-refractivity contribution is 6.22. The molecule has 0 amide bonds. The summed E-state index contributed by atoms with van der Waals surface area (Å²) in [6.45, 7) is 0. The summed E-state index contributed by atoms with van der Waals surface area (Å²) in [5.41, 5.74) is 22.3. The topological polar surface area (TPSA) is 3.24 Å². The van der Waals surface area contributed by atoms with Gasteiger partial charge in [-0.25, -0.2) is 0 Å². The van der Waals surface area contributed by atoms with Gasteiger partial charge in [-0.3, -0.25) is 0 Å². The van der Waals surface area contributed by atoms with Crippen molar-refractivity contribution >= 4 is 38.6 Å². The minimum atomic E-state index is 1.07. The third-order valence-corrected chi connectivity index (χ3v) is 14.7. The molecule has 0 unspecified atom stereocenters. The van der Waals surface area contributed by atoms with Gasteiger partial charge in [-0.15, -0.1) is 0 Å². The summed E-state index contributed by atoms with van der Waals surface area (Å²) in [5.74, 6) is 0. The van der Waals surface area contributed by atoms with Crippen molar-refractivity contribution in [1.29, 1.82) is 0 Å². The molecule has 13 aromatic carbocycles. The Morgan fingerprint density at radius 3 is 1.04 bits per heavy atom. The van der Waals surface area contributed by atoms with Gasteiger partial charge in [0.15, 0.2) is 0 Å². The third kappa shape index (κ3) is 8.67. The number of hydrogen-bond donors (Lipinski definition) is 0. The first-order valence-corrected chi connectivity index (χ1v) is 25.8. The van der Waals surface area contributed by atoms with E-state index in [2.05, 4.69) is 314 Å². The van der Waals surface area contributed by atoms with Crippen LogP contribution in [0.2, 0.25) is 0 Å². The van der Waals surface area contributed by atoms with Crippen molar-refractivity contribution in [1.82, 2.24) is 0 Å². The van der Waals surface area contributed by atoms with E-state index in [0.29, 0.717) is 0 Å². The largest absolute Gasteiger partial charge is 0.310 e. The average Bonchev–Trinajstić information content (AvgIpc) is 3.50. The Bertz CT molecular complexity index is 4100. The minimum Gasteiger partial charge on any atom is -0.310 e. The molecular weight excluding hydrogens is 903 g/mol. The van der Waals surface area contributed by atoms with Crippen molar-refractivity contribution in [3.8, 4) is 89.0 Å². The lowest BCUT2D eigenvalue weighted by molar-refractivity contribution is 1.28. The predicted octanol–water partition coefficient (Wildman–Crippen LogP) is 20.8. The number of rotatable bonds is 11. The van der Waals surface area contributed by atoms with E-state index >= 15 is 0 Å². The lowest BCUT2D eigenvalue weighted by atomic mass is 9.84. The Balaban J connectivity index is 0.961. The van der Waals surface area contributed by atoms with Gasteiger partial charge in [0, 0.05) is 17.1 Å². The van der Waals surface area contributed by atoms with Gasteiger partial charge >= 0.3 is 0 Å². The fourth-order valence-corrected chi connectivity index (χ4v) is 11.2. The van der Waals surface area contributed by atoms with Crippen LogP contribution in [0.15, 0.2) is 309 Å². The van der Waals surface area contributed by atoms with Gasteiger partial charge in [0.25, 0.3) is 0 Å². The van der Waals surface area contributed by atoms with Crippen LogP contribution >= 0.6 is 0 Å². The van der Waals surface area contributed by atoms with Crippen LogP contribution in [0.25, 0.3) is 111 Å². The van der Waals surface area contributed by atoms with Crippen molar-refractivity contribution in [3.05, 3.63) is 309 Å². The molecule has 0 atom stereocenters. The second-order valence-electron chi connectivity index (χ2n) is 19.1. The molecule has 0 saturated carbocycles. The van der Waals surface area contributed by atoms with E-state index < -0.39 is 0 Å². The molecule has 352 valence electrons. The molecule has 1 nitrogen and oxygen atoms in total. The van der Waals surface area contributed by atoms with Crippen LogP contribution in [-0.4, -0.2) is 0 Å². The van der Waals surface area contributed by atoms with Gasteiger partial charge in [-0.2, -0.15) is 0 Å². The minimum absolute atomic E-state index is 1.07. The Kier molecular flexibility index (Phi) is 12.0. The summed E-state index contributed by atoms with van der Waals surface area (Å²) in [6, 6.07) is 113. The molecule has 0 aromatic heterocycles. The van der Waals surface area contributed by atoms with E-state index in [1.165, 1.54) is 99.4 Å². The van der Waals surface area contributed by atoms with Gasteiger partial charge < -0.3 is 4.90 Å². The van der Waals surface area contributed by atoms with Crippen LogP contribution in [0.3, 0.4) is 0 Å². The maximum atomic E-state index is 2.41. The number of hydrogen-bond acceptors (Lipinski definition) is 1. The fourth-order valence-electron chi connectivity index (χ4n) is 11.2. The van der Waals surface area contributed by atoms with Crippen molar-refractivity contribution < 1.29 is 0 Å². The molecule has 0 aliphatic heterocycles. The molecule has 13 aromatic rings. The van der Waals surface area contributed by atoms with E-state index in [0.717, 1.165) is 28.2 Å². The Labute approximate surface area is 439 Å². The molecule has 0 radical (unpaired) electrons. The second-order valence-corrected chi connectivity index (χ2v) is 19.1. The van der Waals surface area contributed by atoms with Gasteiger partial charge in [0.1, 0.15) is 0 Å². The molecular formula is C74H51N. The first-order chi connectivity index (χ1) is 37.2. The lowest BCUT2D eigenvalue weighted by Crippen LogP contribution is -2.10. The summed E-state index contributed by atoms with van der Waals surface area (Å²) in [6.07, 6.45) is 0. The number of benzene rings is 13. The van der Waals surface area contributed by atoms with Crippen LogP contribution in [-0.2, 0) is 0 Å². The molecule has 75 heavy (non-hydrogen) atoms. The van der Waals surface area contributed by atoms with Crippen LogP contribution in [0, 0.1) is 0 Å². The smallest absolute Gasteiger partial charge is 0.0468 e. The second kappa shape index (κ2) is 20.0. The van der Waals surface area contributed by atoms with Crippen molar-refractivity contribution in [2.24, 2.45) is 0 Å². The maximum Gasteiger partial charge on any atom is 0.0468 e. The van der Waals surface area contributed by atoms with Crippen LogP contribution in [0.4, 0.5) is 17.1 Å². The van der Waals surface area contributed by atoms with Crippen LogP contribution in [0.5, 0.6) is 0 Å². The molecule has 13 rings (SSSR count). The van der Waals surface area contributed by atoms with E-state index in [1.807, 2.05) is 0 Å². The summed E-state index contributed by atoms with van der Waals surface area (Å²) >= 11 is 0. The van der Waals surface area contributed by atoms with Crippen LogP contribution < -0.4 is 4.90 Å². The third-order valence-electron chi connectivity index (χ3n) is 14.7. The average molecular weight is 954 g/mol. The molecule has 0 heterocycles. The SMILES string of the molecule is c1ccc(-c2ccc(N(c3ccc(-c4ccc5c(c4)c(-c4ccccc4)c(-c4ccccc4)c4ccccc45)cc3)c3ccc(-c4cccc(-c5ccccc5)c4-c4ccccc4)cc3)cc2-c2ccccc2)cc1. The Morgan fingerprint density at radius 2 is 0.520 bits per heavy atom. The monoisotopic (exact) mass is 953 g/mol.